The lowest BCUT2D eigenvalue weighted by Crippen LogP contribution is -2.45. The van der Waals surface area contributed by atoms with Crippen LogP contribution in [0.1, 0.15) is 55.0 Å². The highest BCUT2D eigenvalue weighted by atomic mass is 19.1. The van der Waals surface area contributed by atoms with E-state index in [-0.39, 0.29) is 11.7 Å². The third-order valence-corrected chi connectivity index (χ3v) is 6.12. The summed E-state index contributed by atoms with van der Waals surface area (Å²) >= 11 is 0. The summed E-state index contributed by atoms with van der Waals surface area (Å²) in [5, 5.41) is 0. The molecule has 2 aliphatic heterocycles. The van der Waals surface area contributed by atoms with E-state index >= 15 is 0 Å². The molecular weight excluding hydrogens is 365 g/mol. The van der Waals surface area contributed by atoms with Gasteiger partial charge in [0, 0.05) is 43.4 Å². The topological polar surface area (TPSA) is 36.4 Å². The molecule has 0 aliphatic carbocycles. The Kier molecular flexibility index (Phi) is 6.55. The van der Waals surface area contributed by atoms with Gasteiger partial charge in [0.25, 0.3) is 0 Å². The van der Waals surface area contributed by atoms with Gasteiger partial charge in [0.1, 0.15) is 5.82 Å². The van der Waals surface area contributed by atoms with Crippen molar-refractivity contribution in [3.63, 3.8) is 0 Å². The fraction of sp³-hybridized carbons (Fsp3) is 0.500. The van der Waals surface area contributed by atoms with Crippen molar-refractivity contribution in [2.24, 2.45) is 0 Å². The molecule has 0 spiro atoms. The normalized spacial score (nSPS) is 20.6. The third-order valence-electron chi connectivity index (χ3n) is 6.12. The second-order valence-electron chi connectivity index (χ2n) is 8.37. The molecule has 1 unspecified atom stereocenters. The second kappa shape index (κ2) is 9.49. The molecule has 2 aliphatic rings. The maximum absolute atomic E-state index is 13.1. The summed E-state index contributed by atoms with van der Waals surface area (Å²) in [5.41, 5.74) is 3.18. The Morgan fingerprint density at radius 3 is 2.59 bits per heavy atom. The van der Waals surface area contributed by atoms with Crippen molar-refractivity contribution in [1.29, 1.82) is 0 Å². The van der Waals surface area contributed by atoms with Crippen LogP contribution in [0.15, 0.2) is 42.5 Å². The zero-order valence-corrected chi connectivity index (χ0v) is 17.0. The molecule has 4 nitrogen and oxygen atoms in total. The van der Waals surface area contributed by atoms with Gasteiger partial charge >= 0.3 is 0 Å². The predicted octanol–water partition coefficient (Wildman–Crippen LogP) is 4.00. The van der Waals surface area contributed by atoms with Crippen LogP contribution in [0.25, 0.3) is 0 Å². The molecular formula is C24H30FN3O. The van der Waals surface area contributed by atoms with Crippen molar-refractivity contribution >= 4 is 5.91 Å². The SMILES string of the molecule is O=C(CN1CCCC(c2cccc(Cc3ccc(F)cc3)n2)C1)N1CCCCC1. The van der Waals surface area contributed by atoms with Gasteiger partial charge in [0.15, 0.2) is 0 Å². The number of rotatable bonds is 5. The van der Waals surface area contributed by atoms with E-state index in [9.17, 15) is 9.18 Å². The lowest BCUT2D eigenvalue weighted by molar-refractivity contribution is -0.133. The maximum atomic E-state index is 13.1. The number of hydrogen-bond donors (Lipinski definition) is 0. The highest BCUT2D eigenvalue weighted by Gasteiger charge is 2.26. The highest BCUT2D eigenvalue weighted by molar-refractivity contribution is 5.78. The number of carbonyl (C=O) groups is 1. The number of halogens is 1. The zero-order valence-electron chi connectivity index (χ0n) is 17.0. The smallest absolute Gasteiger partial charge is 0.236 e. The lowest BCUT2D eigenvalue weighted by Gasteiger charge is -2.34. The number of aromatic nitrogens is 1. The first-order valence-corrected chi connectivity index (χ1v) is 10.9. The third kappa shape index (κ3) is 5.41. The van der Waals surface area contributed by atoms with Crippen LogP contribution in [-0.2, 0) is 11.2 Å². The van der Waals surface area contributed by atoms with Gasteiger partial charge in [-0.25, -0.2) is 4.39 Å². The van der Waals surface area contributed by atoms with Crippen LogP contribution in [0.3, 0.4) is 0 Å². The van der Waals surface area contributed by atoms with E-state index < -0.39 is 0 Å². The van der Waals surface area contributed by atoms with Gasteiger partial charge in [-0.1, -0.05) is 18.2 Å². The van der Waals surface area contributed by atoms with Crippen molar-refractivity contribution < 1.29 is 9.18 Å². The number of benzene rings is 1. The summed E-state index contributed by atoms with van der Waals surface area (Å²) < 4.78 is 13.1. The summed E-state index contributed by atoms with van der Waals surface area (Å²) in [7, 11) is 0. The predicted molar refractivity (Wildman–Crippen MR) is 112 cm³/mol. The first-order valence-electron chi connectivity index (χ1n) is 10.9. The van der Waals surface area contributed by atoms with Crippen LogP contribution < -0.4 is 0 Å². The number of likely N-dealkylation sites (tertiary alicyclic amines) is 2. The first-order chi connectivity index (χ1) is 14.2. The minimum atomic E-state index is -0.211. The fourth-order valence-electron chi connectivity index (χ4n) is 4.51. The Morgan fingerprint density at radius 2 is 1.79 bits per heavy atom. The van der Waals surface area contributed by atoms with E-state index in [1.54, 1.807) is 0 Å². The minimum Gasteiger partial charge on any atom is -0.342 e. The van der Waals surface area contributed by atoms with E-state index in [4.69, 9.17) is 4.98 Å². The fourth-order valence-corrected chi connectivity index (χ4v) is 4.51. The lowest BCUT2D eigenvalue weighted by atomic mass is 9.93. The van der Waals surface area contributed by atoms with E-state index in [0.29, 0.717) is 18.9 Å². The number of hydrogen-bond acceptors (Lipinski definition) is 3. The van der Waals surface area contributed by atoms with Crippen LogP contribution >= 0.6 is 0 Å². The zero-order chi connectivity index (χ0) is 20.1. The van der Waals surface area contributed by atoms with Crippen LogP contribution in [-0.4, -0.2) is 53.4 Å². The largest absolute Gasteiger partial charge is 0.342 e. The molecule has 1 atom stereocenters. The molecule has 4 rings (SSSR count). The summed E-state index contributed by atoms with van der Waals surface area (Å²) in [6.07, 6.45) is 6.44. The monoisotopic (exact) mass is 395 g/mol. The van der Waals surface area contributed by atoms with Crippen LogP contribution in [0.4, 0.5) is 4.39 Å². The molecule has 1 aromatic carbocycles. The molecule has 0 bridgehead atoms. The molecule has 0 N–H and O–H groups in total. The Morgan fingerprint density at radius 1 is 1.00 bits per heavy atom. The summed E-state index contributed by atoms with van der Waals surface area (Å²) in [6, 6.07) is 12.8. The molecule has 2 fully saturated rings. The van der Waals surface area contributed by atoms with Gasteiger partial charge in [-0.2, -0.15) is 0 Å². The average molecular weight is 396 g/mol. The summed E-state index contributed by atoms with van der Waals surface area (Å²) in [6.45, 7) is 4.26. The molecule has 2 aromatic rings. The van der Waals surface area contributed by atoms with Gasteiger partial charge in [-0.3, -0.25) is 14.7 Å². The van der Waals surface area contributed by atoms with Crippen molar-refractivity contribution in [1.82, 2.24) is 14.8 Å². The van der Waals surface area contributed by atoms with Gasteiger partial charge < -0.3 is 4.90 Å². The van der Waals surface area contributed by atoms with Crippen molar-refractivity contribution in [2.45, 2.75) is 44.4 Å². The quantitative estimate of drug-likeness (QED) is 0.768. The van der Waals surface area contributed by atoms with Crippen LogP contribution in [0.5, 0.6) is 0 Å². The molecule has 0 radical (unpaired) electrons. The number of amides is 1. The summed E-state index contributed by atoms with van der Waals surface area (Å²) in [5.74, 6) is 0.436. The number of carbonyl (C=O) groups excluding carboxylic acids is 1. The molecule has 2 saturated heterocycles. The van der Waals surface area contributed by atoms with E-state index in [1.807, 2.05) is 23.1 Å². The molecule has 0 saturated carbocycles. The number of piperidine rings is 2. The molecule has 5 heteroatoms. The van der Waals surface area contributed by atoms with E-state index in [1.165, 1.54) is 18.6 Å². The Bertz CT molecular complexity index is 817. The Labute approximate surface area is 172 Å². The van der Waals surface area contributed by atoms with Crippen molar-refractivity contribution in [3.8, 4) is 0 Å². The number of nitrogens with zero attached hydrogens (tertiary/aromatic N) is 3. The summed E-state index contributed by atoms with van der Waals surface area (Å²) in [4.78, 5) is 21.9. The van der Waals surface area contributed by atoms with E-state index in [0.717, 1.165) is 68.8 Å². The Balaban J connectivity index is 1.37. The minimum absolute atomic E-state index is 0.211. The average Bonchev–Trinajstić information content (AvgIpc) is 2.76. The maximum Gasteiger partial charge on any atom is 0.236 e. The molecule has 1 aromatic heterocycles. The van der Waals surface area contributed by atoms with Crippen LogP contribution in [0, 0.1) is 5.82 Å². The molecule has 154 valence electrons. The van der Waals surface area contributed by atoms with Crippen molar-refractivity contribution in [3.05, 3.63) is 65.2 Å². The van der Waals surface area contributed by atoms with Gasteiger partial charge in [-0.15, -0.1) is 0 Å². The first kappa shape index (κ1) is 20.0. The molecule has 1 amide bonds. The van der Waals surface area contributed by atoms with E-state index in [2.05, 4.69) is 17.0 Å². The van der Waals surface area contributed by atoms with Gasteiger partial charge in [0.05, 0.1) is 6.54 Å². The molecule has 3 heterocycles. The Hall–Kier alpha value is -2.27. The van der Waals surface area contributed by atoms with Gasteiger partial charge in [-0.05, 0) is 68.5 Å². The molecule has 29 heavy (non-hydrogen) atoms. The van der Waals surface area contributed by atoms with Crippen LogP contribution in [0.2, 0.25) is 0 Å². The second-order valence-corrected chi connectivity index (χ2v) is 8.37. The standard InChI is InChI=1S/C24H30FN3O/c25-21-11-9-19(10-12-21)16-22-7-4-8-23(26-22)20-6-5-13-27(17-20)18-24(29)28-14-2-1-3-15-28/h4,7-12,20H,1-3,5-6,13-18H2. The van der Waals surface area contributed by atoms with Crippen molar-refractivity contribution in [2.75, 3.05) is 32.7 Å². The number of pyridine rings is 1. The highest BCUT2D eigenvalue weighted by Crippen LogP contribution is 2.26. The van der Waals surface area contributed by atoms with Gasteiger partial charge in [0.2, 0.25) is 5.91 Å².